The van der Waals surface area contributed by atoms with Gasteiger partial charge in [0.1, 0.15) is 42.0 Å². The lowest BCUT2D eigenvalue weighted by molar-refractivity contribution is -0.136. The fraction of sp³-hybridized carbons (Fsp3) is 0.595. The van der Waals surface area contributed by atoms with Crippen LogP contribution in [-0.4, -0.2) is 119 Å². The SMILES string of the molecule is CC[C@@H](C)[C@@H]1NC(=O)[C@H](Cc2ccc(O)cc2)NC(=O)CCCCC[C@@H](C(=O)NCC(=O)N[C@@H](CC(C)C)C(=O)NCC(N)=O)NC(=O)[C@@H](CC(N)=O)NC(=O)[C@@H](CCC(N)=O)NC1=O. The molecule has 0 aromatic heterocycles. The Morgan fingerprint density at radius 3 is 1.95 bits per heavy atom. The maximum absolute atomic E-state index is 13.9. The summed E-state index contributed by atoms with van der Waals surface area (Å²) in [4.78, 5) is 143. The fourth-order valence-electron chi connectivity index (χ4n) is 6.69. The van der Waals surface area contributed by atoms with E-state index in [0.29, 0.717) is 18.4 Å². The van der Waals surface area contributed by atoms with Crippen LogP contribution in [0.4, 0.5) is 0 Å². The average molecular weight is 916 g/mol. The minimum atomic E-state index is -1.72. The monoisotopic (exact) mass is 915 g/mol. The summed E-state index contributed by atoms with van der Waals surface area (Å²) in [6.45, 7) is 5.87. The van der Waals surface area contributed by atoms with Gasteiger partial charge in [0.2, 0.25) is 65.0 Å². The van der Waals surface area contributed by atoms with Crippen LogP contribution in [0.15, 0.2) is 24.3 Å². The van der Waals surface area contributed by atoms with Gasteiger partial charge in [-0.2, -0.15) is 0 Å². The Kier molecular flexibility index (Phi) is 22.9. The number of phenolic OH excluding ortho intramolecular Hbond substituents is 1. The molecule has 0 radical (unpaired) electrons. The number of hydrogen-bond donors (Lipinski definition) is 12. The van der Waals surface area contributed by atoms with Crippen molar-refractivity contribution in [3.05, 3.63) is 29.8 Å². The normalized spacial score (nSPS) is 21.4. The molecule has 1 heterocycles. The molecule has 23 nitrogen and oxygen atoms in total. The van der Waals surface area contributed by atoms with Gasteiger partial charge < -0.3 is 64.8 Å². The van der Waals surface area contributed by atoms with Crippen molar-refractivity contribution >= 4 is 65.0 Å². The van der Waals surface area contributed by atoms with Crippen LogP contribution in [0.2, 0.25) is 0 Å². The summed E-state index contributed by atoms with van der Waals surface area (Å²) in [7, 11) is 0. The zero-order chi connectivity index (χ0) is 48.8. The van der Waals surface area contributed by atoms with Gasteiger partial charge in [0.05, 0.1) is 19.5 Å². The molecule has 1 aliphatic heterocycles. The van der Waals surface area contributed by atoms with Crippen molar-refractivity contribution in [3.63, 3.8) is 0 Å². The highest BCUT2D eigenvalue weighted by Crippen LogP contribution is 2.15. The third-order valence-electron chi connectivity index (χ3n) is 10.4. The van der Waals surface area contributed by atoms with E-state index in [1.54, 1.807) is 39.8 Å². The van der Waals surface area contributed by atoms with E-state index in [1.807, 2.05) is 0 Å². The van der Waals surface area contributed by atoms with Gasteiger partial charge in [-0.1, -0.05) is 59.1 Å². The lowest BCUT2D eigenvalue weighted by Crippen LogP contribution is -2.60. The zero-order valence-electron chi connectivity index (χ0n) is 37.3. The largest absolute Gasteiger partial charge is 0.508 e. The van der Waals surface area contributed by atoms with Crippen molar-refractivity contribution in [1.29, 1.82) is 0 Å². The lowest BCUT2D eigenvalue weighted by Gasteiger charge is -2.29. The maximum Gasteiger partial charge on any atom is 0.243 e. The number of hydrogen-bond acceptors (Lipinski definition) is 12. The van der Waals surface area contributed by atoms with Crippen LogP contribution in [0, 0.1) is 11.8 Å². The second-order valence-electron chi connectivity index (χ2n) is 16.5. The Hall–Kier alpha value is -6.81. The van der Waals surface area contributed by atoms with Crippen molar-refractivity contribution in [2.75, 3.05) is 13.1 Å². The molecule has 1 aromatic carbocycles. The Bertz CT molecular complexity index is 1880. The van der Waals surface area contributed by atoms with Crippen LogP contribution >= 0.6 is 0 Å². The molecule has 7 atom stereocenters. The van der Waals surface area contributed by atoms with Crippen molar-refractivity contribution < 1.29 is 57.8 Å². The number of rotatable bonds is 18. The summed E-state index contributed by atoms with van der Waals surface area (Å²) in [5, 5.41) is 29.8. The predicted octanol–water partition coefficient (Wildman–Crippen LogP) is -3.24. The number of primary amides is 3. The number of phenols is 1. The van der Waals surface area contributed by atoms with Gasteiger partial charge in [-0.3, -0.25) is 52.7 Å². The maximum atomic E-state index is 13.9. The fourth-order valence-corrected chi connectivity index (χ4v) is 6.69. The molecule has 0 aliphatic carbocycles. The first-order valence-electron chi connectivity index (χ1n) is 21.6. The van der Waals surface area contributed by atoms with E-state index in [-0.39, 0.29) is 56.6 Å². The number of benzene rings is 1. The summed E-state index contributed by atoms with van der Waals surface area (Å²) in [6.07, 6.45) is -0.434. The Morgan fingerprint density at radius 2 is 1.35 bits per heavy atom. The van der Waals surface area contributed by atoms with Crippen molar-refractivity contribution in [1.82, 2.24) is 42.5 Å². The summed E-state index contributed by atoms with van der Waals surface area (Å²) in [5.74, 6) is -9.88. The molecule has 1 aliphatic rings. The van der Waals surface area contributed by atoms with Crippen molar-refractivity contribution in [2.45, 2.75) is 135 Å². The highest BCUT2D eigenvalue weighted by Gasteiger charge is 2.35. The standard InChI is InChI=1S/C42H65N11O12/c1-5-23(4)36-42(65)51-27(15-16-31(43)55)39(62)52-30(19-32(44)56)40(63)50-26(37(60)47-21-35(59)49-28(17-22(2)3)38(61)46-20-33(45)57)9-7-6-8-10-34(58)48-29(41(64)53-36)18-24-11-13-25(54)14-12-24/h11-14,22-23,26-30,36,54H,5-10,15-21H2,1-4H3,(H2,43,55)(H2,44,56)(H2,45,57)(H,46,61)(H,47,60)(H,48,58)(H,49,59)(H,50,63)(H,51,65)(H,52,62)(H,53,64)/t23-,26+,27-,28+,29+,30-,36+/m1/s1. The summed E-state index contributed by atoms with van der Waals surface area (Å²) in [6, 6.07) is -2.31. The predicted molar refractivity (Wildman–Crippen MR) is 233 cm³/mol. The molecule has 0 saturated carbocycles. The van der Waals surface area contributed by atoms with Gasteiger partial charge in [0, 0.05) is 19.3 Å². The third kappa shape index (κ3) is 20.5. The molecule has 23 heteroatoms. The highest BCUT2D eigenvalue weighted by atomic mass is 16.3. The van der Waals surface area contributed by atoms with Gasteiger partial charge in [-0.05, 0) is 55.2 Å². The molecule has 1 fully saturated rings. The van der Waals surface area contributed by atoms with Gasteiger partial charge >= 0.3 is 0 Å². The van der Waals surface area contributed by atoms with E-state index in [4.69, 9.17) is 17.2 Å². The minimum Gasteiger partial charge on any atom is -0.508 e. The quantitative estimate of drug-likeness (QED) is 0.0692. The van der Waals surface area contributed by atoms with E-state index >= 15 is 0 Å². The van der Waals surface area contributed by atoms with Crippen LogP contribution in [0.3, 0.4) is 0 Å². The number of carbonyl (C=O) groups excluding carboxylic acids is 11. The molecule has 0 spiro atoms. The molecule has 0 bridgehead atoms. The highest BCUT2D eigenvalue weighted by molar-refractivity contribution is 5.98. The van der Waals surface area contributed by atoms with Gasteiger partial charge in [0.15, 0.2) is 0 Å². The molecule has 11 amide bonds. The number of amides is 11. The van der Waals surface area contributed by atoms with E-state index in [9.17, 15) is 57.8 Å². The van der Waals surface area contributed by atoms with Crippen LogP contribution < -0.4 is 59.7 Å². The van der Waals surface area contributed by atoms with Gasteiger partial charge in [-0.25, -0.2) is 0 Å². The first-order valence-corrected chi connectivity index (χ1v) is 21.6. The smallest absolute Gasteiger partial charge is 0.243 e. The van der Waals surface area contributed by atoms with E-state index in [1.165, 1.54) is 12.1 Å². The summed E-state index contributed by atoms with van der Waals surface area (Å²) in [5.41, 5.74) is 16.5. The molecule has 1 saturated heterocycles. The molecular formula is C42H65N11O12. The van der Waals surface area contributed by atoms with E-state index < -0.39 is 133 Å². The lowest BCUT2D eigenvalue weighted by atomic mass is 9.96. The zero-order valence-corrected chi connectivity index (χ0v) is 37.3. The second kappa shape index (κ2) is 27.4. The number of carbonyl (C=O) groups is 11. The van der Waals surface area contributed by atoms with Crippen LogP contribution in [-0.2, 0) is 59.2 Å². The van der Waals surface area contributed by atoms with Gasteiger partial charge in [-0.15, -0.1) is 0 Å². The molecule has 360 valence electrons. The van der Waals surface area contributed by atoms with Gasteiger partial charge in [0.25, 0.3) is 0 Å². The van der Waals surface area contributed by atoms with E-state index in [0.717, 1.165) is 0 Å². The number of nitrogens with two attached hydrogens (primary N) is 3. The molecular weight excluding hydrogens is 851 g/mol. The van der Waals surface area contributed by atoms with Crippen LogP contribution in [0.5, 0.6) is 5.75 Å². The number of nitrogens with one attached hydrogen (secondary N) is 8. The van der Waals surface area contributed by atoms with Crippen molar-refractivity contribution in [3.8, 4) is 5.75 Å². The van der Waals surface area contributed by atoms with Crippen LogP contribution in [0.1, 0.15) is 97.5 Å². The van der Waals surface area contributed by atoms with Crippen molar-refractivity contribution in [2.24, 2.45) is 29.0 Å². The first-order chi connectivity index (χ1) is 30.6. The topological polar surface area (TPSA) is 382 Å². The average Bonchev–Trinajstić information content (AvgIpc) is 3.23. The molecule has 0 unspecified atom stereocenters. The minimum absolute atomic E-state index is 0.0245. The molecule has 2 rings (SSSR count). The Balaban J connectivity index is 2.50. The number of aromatic hydroxyl groups is 1. The Morgan fingerprint density at radius 1 is 0.723 bits per heavy atom. The summed E-state index contributed by atoms with van der Waals surface area (Å²) >= 11 is 0. The first kappa shape index (κ1) is 54.3. The Labute approximate surface area is 377 Å². The molecule has 15 N–H and O–H groups in total. The van der Waals surface area contributed by atoms with E-state index in [2.05, 4.69) is 42.5 Å². The molecule has 1 aromatic rings. The molecule has 65 heavy (non-hydrogen) atoms. The summed E-state index contributed by atoms with van der Waals surface area (Å²) < 4.78 is 0. The second-order valence-corrected chi connectivity index (χ2v) is 16.5. The third-order valence-corrected chi connectivity index (χ3v) is 10.4. The van der Waals surface area contributed by atoms with Crippen LogP contribution in [0.25, 0.3) is 0 Å².